The van der Waals surface area contributed by atoms with Gasteiger partial charge in [-0.15, -0.1) is 0 Å². The van der Waals surface area contributed by atoms with Crippen LogP contribution in [0.25, 0.3) is 0 Å². The number of carbonyl (C=O) groups excluding carboxylic acids is 1. The number of anilines is 1. The van der Waals surface area contributed by atoms with Gasteiger partial charge in [-0.25, -0.2) is 0 Å². The van der Waals surface area contributed by atoms with E-state index >= 15 is 0 Å². The third-order valence-corrected chi connectivity index (χ3v) is 5.03. The number of nitro benzene ring substituents is 1. The quantitative estimate of drug-likeness (QED) is 0.281. The zero-order valence-corrected chi connectivity index (χ0v) is 18.3. The Balaban J connectivity index is 1.34. The first-order chi connectivity index (χ1) is 15.9. The molecule has 0 bridgehead atoms. The number of aromatic nitrogens is 2. The molecule has 0 saturated carbocycles. The smallest absolute Gasteiger partial charge is 0.292 e. The number of halogens is 1. The topological polar surface area (TPSA) is 112 Å². The molecule has 0 aliphatic rings. The number of nitrogens with zero attached hydrogens (tertiary/aromatic N) is 3. The van der Waals surface area contributed by atoms with E-state index in [0.717, 1.165) is 11.3 Å². The largest absolute Gasteiger partial charge is 0.486 e. The van der Waals surface area contributed by atoms with E-state index in [1.165, 1.54) is 24.3 Å². The Labute approximate surface area is 193 Å². The third kappa shape index (κ3) is 5.58. The van der Waals surface area contributed by atoms with Crippen molar-refractivity contribution >= 4 is 29.0 Å². The third-order valence-electron chi connectivity index (χ3n) is 4.78. The zero-order valence-electron chi connectivity index (χ0n) is 17.5. The molecule has 1 N–H and O–H groups in total. The Kier molecular flexibility index (Phi) is 6.41. The summed E-state index contributed by atoms with van der Waals surface area (Å²) in [5.41, 5.74) is 1.90. The number of nitro groups is 1. The first-order valence-electron chi connectivity index (χ1n) is 9.93. The summed E-state index contributed by atoms with van der Waals surface area (Å²) in [6.07, 6.45) is 0. The van der Waals surface area contributed by atoms with Gasteiger partial charge in [-0.2, -0.15) is 5.10 Å². The van der Waals surface area contributed by atoms with Crippen LogP contribution in [-0.2, 0) is 13.2 Å². The van der Waals surface area contributed by atoms with E-state index in [9.17, 15) is 14.9 Å². The number of carbonyl (C=O) groups is 1. The van der Waals surface area contributed by atoms with Crippen LogP contribution >= 0.6 is 11.6 Å². The number of furan rings is 1. The van der Waals surface area contributed by atoms with E-state index in [-0.39, 0.29) is 18.1 Å². The molecular formula is C23H19ClN4O5. The second-order valence-corrected chi connectivity index (χ2v) is 7.65. The van der Waals surface area contributed by atoms with E-state index in [2.05, 4.69) is 10.4 Å². The molecule has 0 saturated heterocycles. The highest BCUT2D eigenvalue weighted by Crippen LogP contribution is 2.20. The van der Waals surface area contributed by atoms with Gasteiger partial charge in [-0.05, 0) is 48.9 Å². The molecule has 0 aliphatic heterocycles. The molecule has 10 heteroatoms. The molecule has 0 aliphatic carbocycles. The van der Waals surface area contributed by atoms with Gasteiger partial charge >= 0.3 is 0 Å². The molecule has 2 heterocycles. The van der Waals surface area contributed by atoms with Crippen molar-refractivity contribution in [3.63, 3.8) is 0 Å². The van der Waals surface area contributed by atoms with E-state index in [0.29, 0.717) is 28.9 Å². The average Bonchev–Trinajstić information content (AvgIpc) is 3.41. The van der Waals surface area contributed by atoms with E-state index in [1.807, 2.05) is 31.2 Å². The van der Waals surface area contributed by atoms with Gasteiger partial charge in [0.1, 0.15) is 18.1 Å². The van der Waals surface area contributed by atoms with Crippen molar-refractivity contribution in [2.45, 2.75) is 20.1 Å². The molecule has 0 unspecified atom stereocenters. The average molecular weight is 467 g/mol. The monoisotopic (exact) mass is 466 g/mol. The lowest BCUT2D eigenvalue weighted by atomic mass is 10.2. The SMILES string of the molecule is Cc1cc(NC(=O)c2ccc(COc3ccc([N+](=O)[O-])cc3)o2)nn1Cc1ccc(Cl)cc1. The summed E-state index contributed by atoms with van der Waals surface area (Å²) in [4.78, 5) is 22.8. The number of hydrogen-bond donors (Lipinski definition) is 1. The lowest BCUT2D eigenvalue weighted by Gasteiger charge is -2.05. The predicted molar refractivity (Wildman–Crippen MR) is 122 cm³/mol. The van der Waals surface area contributed by atoms with Crippen molar-refractivity contribution in [1.29, 1.82) is 0 Å². The van der Waals surface area contributed by atoms with Gasteiger partial charge in [0.2, 0.25) is 0 Å². The second kappa shape index (κ2) is 9.58. The maximum Gasteiger partial charge on any atom is 0.292 e. The van der Waals surface area contributed by atoms with Crippen LogP contribution < -0.4 is 10.1 Å². The first-order valence-corrected chi connectivity index (χ1v) is 10.3. The van der Waals surface area contributed by atoms with Crippen molar-refractivity contribution in [1.82, 2.24) is 9.78 Å². The van der Waals surface area contributed by atoms with Gasteiger partial charge < -0.3 is 14.5 Å². The summed E-state index contributed by atoms with van der Waals surface area (Å²) in [6, 6.07) is 18.1. The standard InChI is InChI=1S/C23H19ClN4O5/c1-15-12-22(26-27(15)13-16-2-4-17(24)5-3-16)25-23(29)21-11-10-20(33-21)14-32-19-8-6-18(7-9-19)28(30)31/h2-12H,13-14H2,1H3,(H,25,26,29). The Morgan fingerprint density at radius 1 is 1.15 bits per heavy atom. The van der Waals surface area contributed by atoms with Crippen LogP contribution in [0.15, 0.2) is 71.1 Å². The molecule has 0 radical (unpaired) electrons. The van der Waals surface area contributed by atoms with Crippen molar-refractivity contribution in [2.24, 2.45) is 0 Å². The highest BCUT2D eigenvalue weighted by molar-refractivity contribution is 6.30. The molecule has 1 amide bonds. The number of rotatable bonds is 8. The number of ether oxygens (including phenoxy) is 1. The molecule has 33 heavy (non-hydrogen) atoms. The summed E-state index contributed by atoms with van der Waals surface area (Å²) >= 11 is 5.93. The molecule has 4 rings (SSSR count). The molecule has 0 fully saturated rings. The summed E-state index contributed by atoms with van der Waals surface area (Å²) in [7, 11) is 0. The number of benzene rings is 2. The van der Waals surface area contributed by atoms with Crippen molar-refractivity contribution in [3.05, 3.63) is 105 Å². The van der Waals surface area contributed by atoms with Crippen LogP contribution in [0, 0.1) is 17.0 Å². The molecule has 2 aromatic carbocycles. The summed E-state index contributed by atoms with van der Waals surface area (Å²) < 4.78 is 12.9. The molecular weight excluding hydrogens is 448 g/mol. The van der Waals surface area contributed by atoms with Crippen LogP contribution in [0.2, 0.25) is 5.02 Å². The van der Waals surface area contributed by atoms with E-state index in [1.54, 1.807) is 22.9 Å². The normalized spacial score (nSPS) is 10.7. The maximum absolute atomic E-state index is 12.5. The first kappa shape index (κ1) is 22.1. The van der Waals surface area contributed by atoms with Crippen LogP contribution in [0.3, 0.4) is 0 Å². The highest BCUT2D eigenvalue weighted by atomic mass is 35.5. The molecule has 0 spiro atoms. The molecule has 9 nitrogen and oxygen atoms in total. The van der Waals surface area contributed by atoms with Crippen molar-refractivity contribution in [3.8, 4) is 5.75 Å². The molecule has 2 aromatic heterocycles. The lowest BCUT2D eigenvalue weighted by molar-refractivity contribution is -0.384. The number of non-ortho nitro benzene ring substituents is 1. The number of nitrogens with one attached hydrogen (secondary N) is 1. The number of hydrogen-bond acceptors (Lipinski definition) is 6. The maximum atomic E-state index is 12.5. The van der Waals surface area contributed by atoms with Crippen molar-refractivity contribution < 1.29 is 18.9 Å². The second-order valence-electron chi connectivity index (χ2n) is 7.21. The van der Waals surface area contributed by atoms with Crippen molar-refractivity contribution in [2.75, 3.05) is 5.32 Å². The Bertz CT molecular complexity index is 1280. The number of amides is 1. The fourth-order valence-corrected chi connectivity index (χ4v) is 3.19. The van der Waals surface area contributed by atoms with Gasteiger partial charge in [0.15, 0.2) is 11.6 Å². The van der Waals surface area contributed by atoms with Gasteiger partial charge in [-0.1, -0.05) is 23.7 Å². The Hall–Kier alpha value is -4.11. The zero-order chi connectivity index (χ0) is 23.4. The minimum absolute atomic E-state index is 0.0230. The lowest BCUT2D eigenvalue weighted by Crippen LogP contribution is -2.12. The van der Waals surface area contributed by atoms with Crippen LogP contribution in [0.5, 0.6) is 5.75 Å². The fraction of sp³-hybridized carbons (Fsp3) is 0.130. The summed E-state index contributed by atoms with van der Waals surface area (Å²) in [5.74, 6) is 0.967. The number of aryl methyl sites for hydroxylation is 1. The van der Waals surface area contributed by atoms with E-state index in [4.69, 9.17) is 20.8 Å². The van der Waals surface area contributed by atoms with Gasteiger partial charge in [0.25, 0.3) is 11.6 Å². The van der Waals surface area contributed by atoms with Gasteiger partial charge in [-0.3, -0.25) is 19.6 Å². The fourth-order valence-electron chi connectivity index (χ4n) is 3.07. The van der Waals surface area contributed by atoms with Crippen LogP contribution in [-0.4, -0.2) is 20.6 Å². The summed E-state index contributed by atoms with van der Waals surface area (Å²) in [5, 5.41) is 18.5. The molecule has 4 aromatic rings. The minimum Gasteiger partial charge on any atom is -0.486 e. The van der Waals surface area contributed by atoms with Gasteiger partial charge in [0, 0.05) is 28.9 Å². The Morgan fingerprint density at radius 2 is 1.88 bits per heavy atom. The molecule has 0 atom stereocenters. The Morgan fingerprint density at radius 3 is 2.58 bits per heavy atom. The highest BCUT2D eigenvalue weighted by Gasteiger charge is 2.15. The molecule has 168 valence electrons. The van der Waals surface area contributed by atoms with Crippen LogP contribution in [0.4, 0.5) is 11.5 Å². The predicted octanol–water partition coefficient (Wildman–Crippen LogP) is 5.23. The minimum atomic E-state index is -0.483. The van der Waals surface area contributed by atoms with E-state index < -0.39 is 10.8 Å². The van der Waals surface area contributed by atoms with Crippen LogP contribution in [0.1, 0.15) is 27.6 Å². The van der Waals surface area contributed by atoms with Gasteiger partial charge in [0.05, 0.1) is 11.5 Å². The summed E-state index contributed by atoms with van der Waals surface area (Å²) in [6.45, 7) is 2.52.